The van der Waals surface area contributed by atoms with E-state index in [0.717, 1.165) is 15.9 Å². The second-order valence-corrected chi connectivity index (χ2v) is 5.85. The average molecular weight is 332 g/mol. The maximum absolute atomic E-state index is 11.9. The zero-order chi connectivity index (χ0) is 14.8. The molecule has 0 bridgehead atoms. The third kappa shape index (κ3) is 3.17. The number of aromatic nitrogens is 2. The highest BCUT2D eigenvalue weighted by Crippen LogP contribution is 2.27. The number of halogens is 1. The minimum absolute atomic E-state index is 0.0848. The fourth-order valence-electron chi connectivity index (χ4n) is 2.26. The number of carbonyl (C=O) groups is 1. The van der Waals surface area contributed by atoms with Gasteiger partial charge in [0.15, 0.2) is 0 Å². The first-order valence-corrected chi connectivity index (χ1v) is 7.04. The lowest BCUT2D eigenvalue weighted by atomic mass is 9.94. The Morgan fingerprint density at radius 3 is 2.53 bits per heavy atom. The van der Waals surface area contributed by atoms with E-state index in [0.29, 0.717) is 6.42 Å². The summed E-state index contributed by atoms with van der Waals surface area (Å²) in [6, 6.07) is 0.0848. The lowest BCUT2D eigenvalue weighted by molar-refractivity contribution is -0.148. The summed E-state index contributed by atoms with van der Waals surface area (Å²) in [5.74, 6) is -0.262. The molecule has 1 aromatic heterocycles. The van der Waals surface area contributed by atoms with Gasteiger partial charge in [-0.25, -0.2) is 0 Å². The van der Waals surface area contributed by atoms with E-state index in [1.165, 1.54) is 7.11 Å². The number of rotatable bonds is 5. The Hall–Kier alpha value is -0.880. The van der Waals surface area contributed by atoms with Crippen molar-refractivity contribution >= 4 is 21.9 Å². The minimum atomic E-state index is -0.715. The normalized spacial score (nSPS) is 15.9. The fraction of sp³-hybridized carbons (Fsp3) is 0.692. The third-order valence-electron chi connectivity index (χ3n) is 3.55. The van der Waals surface area contributed by atoms with Crippen LogP contribution in [0.25, 0.3) is 0 Å². The van der Waals surface area contributed by atoms with Gasteiger partial charge < -0.3 is 10.1 Å². The van der Waals surface area contributed by atoms with Gasteiger partial charge in [-0.3, -0.25) is 9.48 Å². The molecule has 2 unspecified atom stereocenters. The number of hydrogen-bond acceptors (Lipinski definition) is 4. The molecule has 0 saturated heterocycles. The summed E-state index contributed by atoms with van der Waals surface area (Å²) in [5.41, 5.74) is 1.30. The molecule has 5 nitrogen and oxygen atoms in total. The Kier molecular flexibility index (Phi) is 5.15. The summed E-state index contributed by atoms with van der Waals surface area (Å²) in [6.45, 7) is 7.85. The van der Waals surface area contributed by atoms with Crippen molar-refractivity contribution in [3.63, 3.8) is 0 Å². The highest BCUT2D eigenvalue weighted by atomic mass is 79.9. The molecule has 0 radical (unpaired) electrons. The van der Waals surface area contributed by atoms with Crippen molar-refractivity contribution in [3.8, 4) is 0 Å². The van der Waals surface area contributed by atoms with Crippen molar-refractivity contribution in [3.05, 3.63) is 15.9 Å². The van der Waals surface area contributed by atoms with Crippen LogP contribution in [0.2, 0.25) is 0 Å². The van der Waals surface area contributed by atoms with Crippen molar-refractivity contribution in [2.45, 2.75) is 45.7 Å². The zero-order valence-corrected chi connectivity index (χ0v) is 14.0. The first kappa shape index (κ1) is 16.2. The van der Waals surface area contributed by atoms with Gasteiger partial charge in [-0.1, -0.05) is 0 Å². The summed E-state index contributed by atoms with van der Waals surface area (Å²) in [5, 5.41) is 7.55. The van der Waals surface area contributed by atoms with E-state index in [4.69, 9.17) is 4.74 Å². The molecule has 0 saturated carbocycles. The SMILES string of the molecule is CNC(C)(CC(C)n1nc(C)c(Br)c1C)C(=O)OC. The van der Waals surface area contributed by atoms with Crippen LogP contribution in [0, 0.1) is 13.8 Å². The second kappa shape index (κ2) is 6.05. The summed E-state index contributed by atoms with van der Waals surface area (Å²) in [6.07, 6.45) is 0.602. The van der Waals surface area contributed by atoms with Crippen LogP contribution in [0.3, 0.4) is 0 Å². The Morgan fingerprint density at radius 2 is 2.16 bits per heavy atom. The van der Waals surface area contributed by atoms with Crippen molar-refractivity contribution in [1.82, 2.24) is 15.1 Å². The molecule has 1 heterocycles. The Morgan fingerprint density at radius 1 is 1.58 bits per heavy atom. The molecule has 0 aliphatic carbocycles. The number of nitrogens with one attached hydrogen (secondary N) is 1. The number of nitrogens with zero attached hydrogens (tertiary/aromatic N) is 2. The van der Waals surface area contributed by atoms with Crippen molar-refractivity contribution in [2.75, 3.05) is 14.2 Å². The van der Waals surface area contributed by atoms with E-state index >= 15 is 0 Å². The van der Waals surface area contributed by atoms with Gasteiger partial charge in [-0.2, -0.15) is 5.10 Å². The molecule has 0 aliphatic rings. The molecular formula is C13H22BrN3O2. The van der Waals surface area contributed by atoms with Gasteiger partial charge in [0.05, 0.1) is 29.0 Å². The summed E-state index contributed by atoms with van der Waals surface area (Å²) in [4.78, 5) is 11.9. The predicted molar refractivity (Wildman–Crippen MR) is 78.2 cm³/mol. The zero-order valence-electron chi connectivity index (χ0n) is 12.4. The van der Waals surface area contributed by atoms with E-state index in [9.17, 15) is 4.79 Å². The van der Waals surface area contributed by atoms with Crippen LogP contribution in [-0.2, 0) is 9.53 Å². The predicted octanol–water partition coefficient (Wildman–Crippen LogP) is 2.36. The summed E-state index contributed by atoms with van der Waals surface area (Å²) in [7, 11) is 3.17. The maximum Gasteiger partial charge on any atom is 0.325 e. The van der Waals surface area contributed by atoms with Crippen LogP contribution in [-0.4, -0.2) is 35.4 Å². The highest BCUT2D eigenvalue weighted by Gasteiger charge is 2.35. The molecule has 1 aromatic rings. The monoisotopic (exact) mass is 331 g/mol. The van der Waals surface area contributed by atoms with Crippen LogP contribution in [0.5, 0.6) is 0 Å². The molecular weight excluding hydrogens is 310 g/mol. The Labute approximate surface area is 122 Å². The molecule has 0 fully saturated rings. The van der Waals surface area contributed by atoms with E-state index < -0.39 is 5.54 Å². The van der Waals surface area contributed by atoms with E-state index in [2.05, 4.69) is 26.3 Å². The van der Waals surface area contributed by atoms with E-state index in [1.807, 2.05) is 32.4 Å². The number of ether oxygens (including phenoxy) is 1. The fourth-order valence-corrected chi connectivity index (χ4v) is 2.52. The molecule has 1 rings (SSSR count). The smallest absolute Gasteiger partial charge is 0.325 e. The standard InChI is InChI=1S/C13H22BrN3O2/c1-8(7-13(4,15-5)12(18)19-6)17-10(3)11(14)9(2)16-17/h8,15H,7H2,1-6H3. The quantitative estimate of drug-likeness (QED) is 0.841. The van der Waals surface area contributed by atoms with Crippen LogP contribution in [0.15, 0.2) is 4.47 Å². The van der Waals surface area contributed by atoms with Crippen LogP contribution in [0.4, 0.5) is 0 Å². The topological polar surface area (TPSA) is 56.2 Å². The third-order valence-corrected chi connectivity index (χ3v) is 4.69. The summed E-state index contributed by atoms with van der Waals surface area (Å²) < 4.78 is 7.82. The first-order valence-electron chi connectivity index (χ1n) is 6.25. The Bertz CT molecular complexity index is 473. The molecule has 0 aliphatic heterocycles. The second-order valence-electron chi connectivity index (χ2n) is 5.06. The lowest BCUT2D eigenvalue weighted by Gasteiger charge is -2.29. The molecule has 108 valence electrons. The molecule has 2 atom stereocenters. The van der Waals surface area contributed by atoms with Gasteiger partial charge in [0.1, 0.15) is 5.54 Å². The summed E-state index contributed by atoms with van der Waals surface area (Å²) >= 11 is 3.52. The van der Waals surface area contributed by atoms with E-state index in [1.54, 1.807) is 7.05 Å². The first-order chi connectivity index (χ1) is 8.76. The van der Waals surface area contributed by atoms with Gasteiger partial charge >= 0.3 is 5.97 Å². The number of carbonyl (C=O) groups excluding carboxylic acids is 1. The number of esters is 1. The molecule has 1 N–H and O–H groups in total. The van der Waals surface area contributed by atoms with Gasteiger partial charge in [-0.05, 0) is 57.1 Å². The van der Waals surface area contributed by atoms with Gasteiger partial charge in [0, 0.05) is 0 Å². The lowest BCUT2D eigenvalue weighted by Crippen LogP contribution is -2.49. The van der Waals surface area contributed by atoms with Gasteiger partial charge in [0.25, 0.3) is 0 Å². The van der Waals surface area contributed by atoms with Gasteiger partial charge in [-0.15, -0.1) is 0 Å². The number of likely N-dealkylation sites (N-methyl/N-ethyl adjacent to an activating group) is 1. The molecule has 0 amide bonds. The molecule has 0 aromatic carbocycles. The Balaban J connectivity index is 2.98. The largest absolute Gasteiger partial charge is 0.468 e. The van der Waals surface area contributed by atoms with Crippen LogP contribution in [0.1, 0.15) is 37.7 Å². The number of aryl methyl sites for hydroxylation is 1. The average Bonchev–Trinajstić information content (AvgIpc) is 2.65. The number of hydrogen-bond donors (Lipinski definition) is 1. The van der Waals surface area contributed by atoms with Crippen LogP contribution >= 0.6 is 15.9 Å². The van der Waals surface area contributed by atoms with Crippen molar-refractivity contribution < 1.29 is 9.53 Å². The highest BCUT2D eigenvalue weighted by molar-refractivity contribution is 9.10. The molecule has 6 heteroatoms. The minimum Gasteiger partial charge on any atom is -0.468 e. The van der Waals surface area contributed by atoms with Crippen molar-refractivity contribution in [2.24, 2.45) is 0 Å². The molecule has 19 heavy (non-hydrogen) atoms. The van der Waals surface area contributed by atoms with Gasteiger partial charge in [0.2, 0.25) is 0 Å². The maximum atomic E-state index is 11.9. The van der Waals surface area contributed by atoms with Crippen molar-refractivity contribution in [1.29, 1.82) is 0 Å². The number of methoxy groups -OCH3 is 1. The van der Waals surface area contributed by atoms with E-state index in [-0.39, 0.29) is 12.0 Å². The molecule has 0 spiro atoms. The van der Waals surface area contributed by atoms with Crippen LogP contribution < -0.4 is 5.32 Å².